The van der Waals surface area contributed by atoms with E-state index in [0.29, 0.717) is 73.3 Å². The highest BCUT2D eigenvalue weighted by Gasteiger charge is 2.64. The van der Waals surface area contributed by atoms with E-state index in [1.807, 2.05) is 13.0 Å². The number of hydrogen-bond donors (Lipinski definition) is 0. The maximum Gasteiger partial charge on any atom is 0.428 e. The minimum absolute atomic E-state index is 0.0498. The molecule has 1 aromatic carbocycles. The Hall–Kier alpha value is -3.44. The fourth-order valence-corrected chi connectivity index (χ4v) is 7.75. The lowest BCUT2D eigenvalue weighted by atomic mass is 9.77. The van der Waals surface area contributed by atoms with Crippen LogP contribution in [-0.2, 0) is 25.5 Å². The molecule has 5 rings (SSSR count). The number of benzene rings is 1. The van der Waals surface area contributed by atoms with Crippen molar-refractivity contribution in [2.45, 2.75) is 116 Å². The number of ether oxygens (including phenoxy) is 3. The molecule has 3 heterocycles. The number of amides is 1. The van der Waals surface area contributed by atoms with Crippen molar-refractivity contribution in [3.63, 3.8) is 0 Å². The minimum Gasteiger partial charge on any atom is -0.497 e. The third-order valence-electron chi connectivity index (χ3n) is 10.4. The molecule has 258 valence electrons. The summed E-state index contributed by atoms with van der Waals surface area (Å²) in [6.45, 7) is 7.24. The predicted octanol–water partition coefficient (Wildman–Crippen LogP) is 6.64. The van der Waals surface area contributed by atoms with Crippen LogP contribution >= 0.6 is 0 Å². The molecule has 0 radical (unpaired) electrons. The second-order valence-corrected chi connectivity index (χ2v) is 14.3. The molecule has 6 atom stereocenters. The molecule has 0 N–H and O–H groups in total. The fraction of sp³-hybridized carbons (Fsp3) is 0.686. The molecule has 1 saturated carbocycles. The van der Waals surface area contributed by atoms with Gasteiger partial charge in [0.05, 0.1) is 43.1 Å². The molecule has 1 aromatic heterocycles. The average molecular weight is 662 g/mol. The molecule has 1 aliphatic carbocycles. The highest BCUT2D eigenvalue weighted by Crippen LogP contribution is 2.52. The third kappa shape index (κ3) is 6.92. The number of aromatic nitrogens is 2. The third-order valence-corrected chi connectivity index (χ3v) is 10.4. The fourth-order valence-electron chi connectivity index (χ4n) is 7.75. The van der Waals surface area contributed by atoms with Crippen LogP contribution in [0.5, 0.6) is 11.6 Å². The van der Waals surface area contributed by atoms with Gasteiger partial charge in [0.15, 0.2) is 0 Å². The van der Waals surface area contributed by atoms with Gasteiger partial charge in [-0.3, -0.25) is 9.59 Å². The maximum atomic E-state index is 14.8. The zero-order valence-electron chi connectivity index (χ0n) is 27.9. The molecule has 12 heteroatoms. The van der Waals surface area contributed by atoms with Crippen molar-refractivity contribution in [1.29, 1.82) is 0 Å². The monoisotopic (exact) mass is 661 g/mol. The van der Waals surface area contributed by atoms with Crippen molar-refractivity contribution in [3.05, 3.63) is 23.9 Å². The van der Waals surface area contributed by atoms with Crippen molar-refractivity contribution in [3.8, 4) is 11.6 Å². The van der Waals surface area contributed by atoms with E-state index in [-0.39, 0.29) is 25.3 Å². The number of hydrogen-bond acceptors (Lipinski definition) is 8. The van der Waals surface area contributed by atoms with E-state index in [4.69, 9.17) is 24.2 Å². The number of nitrogens with zero attached hydrogens (tertiary/aromatic N) is 3. The van der Waals surface area contributed by atoms with E-state index < -0.39 is 59.5 Å². The smallest absolute Gasteiger partial charge is 0.428 e. The minimum atomic E-state index is -4.75. The average Bonchev–Trinajstić information content (AvgIpc) is 3.59. The van der Waals surface area contributed by atoms with Crippen molar-refractivity contribution < 1.29 is 41.8 Å². The van der Waals surface area contributed by atoms with Crippen LogP contribution in [0.25, 0.3) is 11.0 Å². The van der Waals surface area contributed by atoms with Gasteiger partial charge in [-0.05, 0) is 62.5 Å². The molecule has 0 unspecified atom stereocenters. The topological polar surface area (TPSA) is 108 Å². The lowest BCUT2D eigenvalue weighted by molar-refractivity contribution is -0.282. The second-order valence-electron chi connectivity index (χ2n) is 14.3. The Bertz CT molecular complexity index is 1480. The van der Waals surface area contributed by atoms with Crippen molar-refractivity contribution in [2.75, 3.05) is 13.7 Å². The van der Waals surface area contributed by atoms with Crippen LogP contribution in [0.15, 0.2) is 18.2 Å². The van der Waals surface area contributed by atoms with E-state index >= 15 is 0 Å². The number of carbonyl (C=O) groups is 3. The molecule has 0 spiro atoms. The van der Waals surface area contributed by atoms with Gasteiger partial charge in [-0.15, -0.1) is 0 Å². The number of aldehydes is 1. The first-order valence-corrected chi connectivity index (χ1v) is 16.8. The lowest BCUT2D eigenvalue weighted by Gasteiger charge is -2.38. The molecule has 1 amide bonds. The summed E-state index contributed by atoms with van der Waals surface area (Å²) >= 11 is 0. The zero-order valence-corrected chi connectivity index (χ0v) is 27.9. The van der Waals surface area contributed by atoms with E-state index in [2.05, 4.69) is 0 Å². The van der Waals surface area contributed by atoms with Gasteiger partial charge in [0.1, 0.15) is 23.8 Å². The standard InChI is InChI=1S/C35H46F3N3O6/c1-6-23-28(20-42)41-19-29(23)46-31-26(39-25-15-14-22(45-5)17-27(25)40-31)13-9-7-8-11-21-12-10-16-34(21,35(36,37)38)47-30(43)18-24(32(41)44)33(2,3)4/h14-15,17,20-21,23-24,28-29H,6-13,16,18-19H2,1-5H3/t21-,23+,24-,28-,29+,34-/m1/s1. The van der Waals surface area contributed by atoms with Crippen molar-refractivity contribution in [1.82, 2.24) is 14.9 Å². The van der Waals surface area contributed by atoms with Gasteiger partial charge in [-0.1, -0.05) is 40.5 Å². The SMILES string of the molecule is CC[C@@H]1[C@@H]2CN(C(=O)[C@H](C(C)(C)C)CC(=O)O[C@]3(C(F)(F)F)CCC[C@H]3CCCCCc3nc4ccc(OC)cc4nc3O2)[C@@H]1C=O. The van der Waals surface area contributed by atoms with E-state index in [1.54, 1.807) is 40.0 Å². The number of alkyl halides is 3. The molecule has 2 fully saturated rings. The Morgan fingerprint density at radius 3 is 2.47 bits per heavy atom. The van der Waals surface area contributed by atoms with Gasteiger partial charge in [0, 0.05) is 17.9 Å². The molecule has 1 saturated heterocycles. The molecule has 2 aromatic rings. The largest absolute Gasteiger partial charge is 0.497 e. The lowest BCUT2D eigenvalue weighted by Crippen LogP contribution is -2.52. The number of carbonyl (C=O) groups excluding carboxylic acids is 3. The summed E-state index contributed by atoms with van der Waals surface area (Å²) in [4.78, 5) is 51.3. The van der Waals surface area contributed by atoms with Gasteiger partial charge in [0.25, 0.3) is 0 Å². The maximum absolute atomic E-state index is 14.8. The molecule has 2 aliphatic heterocycles. The van der Waals surface area contributed by atoms with E-state index in [0.717, 1.165) is 6.29 Å². The van der Waals surface area contributed by atoms with Crippen LogP contribution in [-0.4, -0.2) is 70.6 Å². The normalized spacial score (nSPS) is 29.7. The molecular formula is C35H46F3N3O6. The highest BCUT2D eigenvalue weighted by atomic mass is 19.4. The van der Waals surface area contributed by atoms with Crippen molar-refractivity contribution in [2.24, 2.45) is 23.2 Å². The summed E-state index contributed by atoms with van der Waals surface area (Å²) in [5.41, 5.74) is -1.58. The van der Waals surface area contributed by atoms with Gasteiger partial charge < -0.3 is 23.9 Å². The van der Waals surface area contributed by atoms with Gasteiger partial charge >= 0.3 is 12.1 Å². The molecule has 47 heavy (non-hydrogen) atoms. The zero-order chi connectivity index (χ0) is 34.1. The predicted molar refractivity (Wildman–Crippen MR) is 168 cm³/mol. The number of rotatable bonds is 3. The Labute approximate surface area is 273 Å². The summed E-state index contributed by atoms with van der Waals surface area (Å²) in [6, 6.07) is 4.51. The Morgan fingerprint density at radius 2 is 1.81 bits per heavy atom. The number of halogens is 3. The number of esters is 1. The van der Waals surface area contributed by atoms with Crippen LogP contribution in [0.1, 0.15) is 91.2 Å². The Kier molecular flexibility index (Phi) is 10.1. The van der Waals surface area contributed by atoms with Crippen LogP contribution < -0.4 is 9.47 Å². The quantitative estimate of drug-likeness (QED) is 0.266. The Morgan fingerprint density at radius 1 is 1.06 bits per heavy atom. The summed E-state index contributed by atoms with van der Waals surface area (Å²) in [5, 5.41) is 0. The second kappa shape index (κ2) is 13.6. The van der Waals surface area contributed by atoms with Crippen LogP contribution in [0.3, 0.4) is 0 Å². The van der Waals surface area contributed by atoms with Crippen molar-refractivity contribution >= 4 is 29.2 Å². The first-order valence-electron chi connectivity index (χ1n) is 16.8. The summed E-state index contributed by atoms with van der Waals surface area (Å²) in [7, 11) is 1.56. The van der Waals surface area contributed by atoms with Crippen LogP contribution in [0, 0.1) is 23.2 Å². The summed E-state index contributed by atoms with van der Waals surface area (Å²) in [6.07, 6.45) is -1.81. The first-order chi connectivity index (χ1) is 22.2. The number of aryl methyl sites for hydroxylation is 1. The van der Waals surface area contributed by atoms with Crippen LogP contribution in [0.2, 0.25) is 0 Å². The molecular weight excluding hydrogens is 615 g/mol. The number of fused-ring (bicyclic) bond motifs is 5. The summed E-state index contributed by atoms with van der Waals surface area (Å²) in [5.74, 6) is -2.90. The molecule has 3 aliphatic rings. The van der Waals surface area contributed by atoms with Gasteiger partial charge in [0.2, 0.25) is 17.4 Å². The Balaban J connectivity index is 1.57. The highest BCUT2D eigenvalue weighted by molar-refractivity contribution is 5.87. The molecule has 9 nitrogen and oxygen atoms in total. The van der Waals surface area contributed by atoms with Gasteiger partial charge in [-0.25, -0.2) is 9.97 Å². The first kappa shape index (κ1) is 34.9. The summed E-state index contributed by atoms with van der Waals surface area (Å²) < 4.78 is 61.7. The number of methoxy groups -OCH3 is 1. The van der Waals surface area contributed by atoms with E-state index in [9.17, 15) is 27.6 Å². The van der Waals surface area contributed by atoms with Crippen LogP contribution in [0.4, 0.5) is 13.2 Å². The molecule has 2 bridgehead atoms. The van der Waals surface area contributed by atoms with E-state index in [1.165, 1.54) is 4.90 Å². The van der Waals surface area contributed by atoms with Gasteiger partial charge in [-0.2, -0.15) is 13.2 Å².